The van der Waals surface area contributed by atoms with E-state index in [1.165, 1.54) is 9.08 Å². The fourth-order valence-corrected chi connectivity index (χ4v) is 1.48. The van der Waals surface area contributed by atoms with Crippen molar-refractivity contribution in [1.29, 1.82) is 0 Å². The normalized spacial score (nSPS) is 11.4. The molecule has 0 bridgehead atoms. The van der Waals surface area contributed by atoms with Gasteiger partial charge in [-0.1, -0.05) is 13.8 Å². The molecule has 1 N–H and O–H groups in total. The predicted molar refractivity (Wildman–Crippen MR) is 60.4 cm³/mol. The topological polar surface area (TPSA) is 64.2 Å². The van der Waals surface area contributed by atoms with Crippen LogP contribution in [-0.4, -0.2) is 31.8 Å². The number of fused-ring (bicyclic) bond motifs is 1. The van der Waals surface area contributed by atoms with Gasteiger partial charge >= 0.3 is 5.69 Å². The van der Waals surface area contributed by atoms with Crippen molar-refractivity contribution < 1.29 is 0 Å². The lowest BCUT2D eigenvalue weighted by Gasteiger charge is -2.06. The Hall–Kier alpha value is -1.69. The Morgan fingerprint density at radius 3 is 3.00 bits per heavy atom. The van der Waals surface area contributed by atoms with Crippen LogP contribution < -0.4 is 11.0 Å². The predicted octanol–water partition coefficient (Wildman–Crippen LogP) is -0.111. The molecule has 2 aromatic rings. The lowest BCUT2D eigenvalue weighted by atomic mass is 10.4. The van der Waals surface area contributed by atoms with E-state index >= 15 is 0 Å². The highest BCUT2D eigenvalue weighted by atomic mass is 16.2. The molecule has 2 heterocycles. The summed E-state index contributed by atoms with van der Waals surface area (Å²) in [5.74, 6) is 0. The average Bonchev–Trinajstić information content (AvgIpc) is 2.56. The van der Waals surface area contributed by atoms with Crippen LogP contribution >= 0.6 is 0 Å². The van der Waals surface area contributed by atoms with Gasteiger partial charge in [0.1, 0.15) is 0 Å². The van der Waals surface area contributed by atoms with Gasteiger partial charge in [-0.05, 0) is 0 Å². The smallest absolute Gasteiger partial charge is 0.313 e. The van der Waals surface area contributed by atoms with Crippen molar-refractivity contribution in [3.63, 3.8) is 0 Å². The maximum absolute atomic E-state index is 11.8. The Kier molecular flexibility index (Phi) is 3.00. The van der Waals surface area contributed by atoms with E-state index in [9.17, 15) is 4.79 Å². The first kappa shape index (κ1) is 10.8. The van der Waals surface area contributed by atoms with E-state index in [-0.39, 0.29) is 5.69 Å². The highest BCUT2D eigenvalue weighted by Crippen LogP contribution is 1.91. The summed E-state index contributed by atoms with van der Waals surface area (Å²) >= 11 is 0. The molecule has 86 valence electrons. The molecule has 0 saturated heterocycles. The third kappa shape index (κ3) is 2.11. The van der Waals surface area contributed by atoms with Gasteiger partial charge in [0.15, 0.2) is 5.65 Å². The number of rotatable bonds is 4. The highest BCUT2D eigenvalue weighted by Gasteiger charge is 2.05. The van der Waals surface area contributed by atoms with Crippen molar-refractivity contribution in [3.8, 4) is 0 Å². The fraction of sp³-hybridized carbons (Fsp3) is 0.500. The molecule has 0 radical (unpaired) electrons. The fourth-order valence-electron chi connectivity index (χ4n) is 1.48. The number of hydrogen-bond donors (Lipinski definition) is 1. The van der Waals surface area contributed by atoms with E-state index in [0.717, 1.165) is 6.54 Å². The van der Waals surface area contributed by atoms with Crippen molar-refractivity contribution in [1.82, 2.24) is 24.5 Å². The quantitative estimate of drug-likeness (QED) is 0.782. The summed E-state index contributed by atoms with van der Waals surface area (Å²) in [5.41, 5.74) is 0.458. The molecule has 0 aromatic carbocycles. The van der Waals surface area contributed by atoms with Gasteiger partial charge in [-0.2, -0.15) is 0 Å². The molecule has 0 fully saturated rings. The Labute approximate surface area is 92.9 Å². The van der Waals surface area contributed by atoms with Crippen LogP contribution in [0.15, 0.2) is 23.4 Å². The summed E-state index contributed by atoms with van der Waals surface area (Å²) in [5, 5.41) is 7.41. The largest absolute Gasteiger partial charge is 0.350 e. The standard InChI is InChI=1S/C10H15N5O/c1-8(2)12-4-6-15-10(16)14-5-3-11-7-9(14)13-15/h3,5,7-8,12H,4,6H2,1-2H3. The second-order valence-electron chi connectivity index (χ2n) is 3.92. The van der Waals surface area contributed by atoms with E-state index < -0.39 is 0 Å². The van der Waals surface area contributed by atoms with Gasteiger partial charge < -0.3 is 5.32 Å². The van der Waals surface area contributed by atoms with Crippen LogP contribution in [0.25, 0.3) is 5.65 Å². The zero-order valence-electron chi connectivity index (χ0n) is 9.42. The SMILES string of the molecule is CC(C)NCCn1nc2cnccn2c1=O. The van der Waals surface area contributed by atoms with Crippen LogP contribution in [0.4, 0.5) is 0 Å². The summed E-state index contributed by atoms with van der Waals surface area (Å²) in [4.78, 5) is 15.7. The van der Waals surface area contributed by atoms with Gasteiger partial charge in [-0.15, -0.1) is 5.10 Å². The van der Waals surface area contributed by atoms with E-state index in [1.807, 2.05) is 0 Å². The van der Waals surface area contributed by atoms with Crippen LogP contribution in [0.2, 0.25) is 0 Å². The second-order valence-corrected chi connectivity index (χ2v) is 3.92. The first-order chi connectivity index (χ1) is 7.68. The Balaban J connectivity index is 2.19. The molecule has 0 saturated carbocycles. The minimum absolute atomic E-state index is 0.122. The van der Waals surface area contributed by atoms with Crippen LogP contribution in [0, 0.1) is 0 Å². The van der Waals surface area contributed by atoms with Crippen LogP contribution in [0.3, 0.4) is 0 Å². The Morgan fingerprint density at radius 1 is 1.50 bits per heavy atom. The molecule has 0 aliphatic carbocycles. The number of aromatic nitrogens is 4. The monoisotopic (exact) mass is 221 g/mol. The van der Waals surface area contributed by atoms with Crippen LogP contribution in [0.1, 0.15) is 13.8 Å². The Bertz CT molecular complexity index is 527. The van der Waals surface area contributed by atoms with E-state index in [0.29, 0.717) is 18.2 Å². The minimum atomic E-state index is -0.122. The molecule has 6 nitrogen and oxygen atoms in total. The van der Waals surface area contributed by atoms with Gasteiger partial charge in [0.25, 0.3) is 0 Å². The van der Waals surface area contributed by atoms with E-state index in [4.69, 9.17) is 0 Å². The molecule has 2 rings (SSSR count). The molecular weight excluding hydrogens is 206 g/mol. The van der Waals surface area contributed by atoms with Crippen LogP contribution in [0.5, 0.6) is 0 Å². The van der Waals surface area contributed by atoms with Gasteiger partial charge in [0.05, 0.1) is 12.7 Å². The molecule has 0 aliphatic rings. The van der Waals surface area contributed by atoms with E-state index in [2.05, 4.69) is 29.2 Å². The van der Waals surface area contributed by atoms with Gasteiger partial charge in [-0.3, -0.25) is 4.98 Å². The van der Waals surface area contributed by atoms with Crippen molar-refractivity contribution >= 4 is 5.65 Å². The highest BCUT2D eigenvalue weighted by molar-refractivity contribution is 5.31. The zero-order valence-corrected chi connectivity index (χ0v) is 9.42. The Morgan fingerprint density at radius 2 is 2.31 bits per heavy atom. The maximum Gasteiger partial charge on any atom is 0.350 e. The molecule has 0 atom stereocenters. The van der Waals surface area contributed by atoms with E-state index in [1.54, 1.807) is 18.6 Å². The maximum atomic E-state index is 11.8. The van der Waals surface area contributed by atoms with Crippen molar-refractivity contribution in [2.24, 2.45) is 0 Å². The molecule has 0 spiro atoms. The average molecular weight is 221 g/mol. The van der Waals surface area contributed by atoms with Crippen molar-refractivity contribution in [2.45, 2.75) is 26.4 Å². The van der Waals surface area contributed by atoms with Gasteiger partial charge in [0.2, 0.25) is 0 Å². The lowest BCUT2D eigenvalue weighted by Crippen LogP contribution is -2.31. The number of hydrogen-bond acceptors (Lipinski definition) is 4. The summed E-state index contributed by atoms with van der Waals surface area (Å²) < 4.78 is 2.94. The third-order valence-corrected chi connectivity index (χ3v) is 2.26. The molecule has 16 heavy (non-hydrogen) atoms. The molecule has 6 heteroatoms. The second kappa shape index (κ2) is 4.44. The van der Waals surface area contributed by atoms with Crippen LogP contribution in [-0.2, 0) is 6.54 Å². The summed E-state index contributed by atoms with van der Waals surface area (Å²) in [6.45, 7) is 5.43. The summed E-state index contributed by atoms with van der Waals surface area (Å²) in [6.07, 6.45) is 4.78. The minimum Gasteiger partial charge on any atom is -0.313 e. The molecule has 0 aliphatic heterocycles. The molecule has 2 aromatic heterocycles. The molecule has 0 unspecified atom stereocenters. The van der Waals surface area contributed by atoms with Gasteiger partial charge in [-0.25, -0.2) is 13.9 Å². The van der Waals surface area contributed by atoms with Crippen molar-refractivity contribution in [3.05, 3.63) is 29.1 Å². The third-order valence-electron chi connectivity index (χ3n) is 2.26. The first-order valence-corrected chi connectivity index (χ1v) is 5.31. The summed E-state index contributed by atoms with van der Waals surface area (Å²) in [7, 11) is 0. The first-order valence-electron chi connectivity index (χ1n) is 5.31. The number of nitrogens with zero attached hydrogens (tertiary/aromatic N) is 4. The molecule has 0 amide bonds. The zero-order chi connectivity index (χ0) is 11.5. The lowest BCUT2D eigenvalue weighted by molar-refractivity contribution is 0.506. The summed E-state index contributed by atoms with van der Waals surface area (Å²) in [6, 6.07) is 0.411. The molecular formula is C10H15N5O. The van der Waals surface area contributed by atoms with Gasteiger partial charge in [0, 0.05) is 25.0 Å². The number of nitrogens with one attached hydrogen (secondary N) is 1. The van der Waals surface area contributed by atoms with Crippen molar-refractivity contribution in [2.75, 3.05) is 6.54 Å².